The summed E-state index contributed by atoms with van der Waals surface area (Å²) in [5.41, 5.74) is -3.67. The summed E-state index contributed by atoms with van der Waals surface area (Å²) in [5, 5.41) is 0. The first-order valence-electron chi connectivity index (χ1n) is 12.5. The predicted octanol–water partition coefficient (Wildman–Crippen LogP) is 10.5. The number of halogens is 11. The van der Waals surface area contributed by atoms with Crippen LogP contribution in [0, 0.1) is 34.9 Å². The molecule has 4 rings (SSSR count). The monoisotopic (exact) mass is 616 g/mol. The maximum atomic E-state index is 14.9. The molecule has 0 saturated carbocycles. The molecule has 0 atom stereocenters. The van der Waals surface area contributed by atoms with Gasteiger partial charge in [0.2, 0.25) is 0 Å². The van der Waals surface area contributed by atoms with Crippen LogP contribution in [0.2, 0.25) is 0 Å². The van der Waals surface area contributed by atoms with Gasteiger partial charge in [-0.15, -0.1) is 0 Å². The van der Waals surface area contributed by atoms with Gasteiger partial charge < -0.3 is 4.74 Å². The highest BCUT2D eigenvalue weighted by molar-refractivity contribution is 5.73. The van der Waals surface area contributed by atoms with E-state index in [4.69, 9.17) is 0 Å². The van der Waals surface area contributed by atoms with Gasteiger partial charge in [-0.2, -0.15) is 22.0 Å². The average Bonchev–Trinajstić information content (AvgIpc) is 2.87. The van der Waals surface area contributed by atoms with Crippen LogP contribution in [0.3, 0.4) is 0 Å². The smallest absolute Gasteiger partial charge is 0.429 e. The van der Waals surface area contributed by atoms with Crippen molar-refractivity contribution in [3.05, 3.63) is 118 Å². The summed E-state index contributed by atoms with van der Waals surface area (Å²) in [6.07, 6.45) is -8.76. The Balaban J connectivity index is 1.59. The maximum Gasteiger partial charge on any atom is 0.432 e. The predicted molar refractivity (Wildman–Crippen MR) is 137 cm³/mol. The molecule has 0 bridgehead atoms. The molecule has 226 valence electrons. The first kappa shape index (κ1) is 31.6. The van der Waals surface area contributed by atoms with Crippen LogP contribution in [0.15, 0.2) is 66.7 Å². The Kier molecular flexibility index (Phi) is 8.89. The van der Waals surface area contributed by atoms with Crippen molar-refractivity contribution < 1.29 is 53.0 Å². The van der Waals surface area contributed by atoms with Crippen LogP contribution in [-0.2, 0) is 12.5 Å². The van der Waals surface area contributed by atoms with E-state index in [2.05, 4.69) is 4.74 Å². The number of allylic oxidation sites excluding steroid dienone is 1. The Labute approximate surface area is 237 Å². The van der Waals surface area contributed by atoms with Crippen molar-refractivity contribution in [3.63, 3.8) is 0 Å². The molecule has 0 fully saturated rings. The van der Waals surface area contributed by atoms with Crippen LogP contribution in [-0.4, -0.2) is 6.18 Å². The molecule has 0 saturated heterocycles. The lowest BCUT2D eigenvalue weighted by molar-refractivity contribution is -0.189. The van der Waals surface area contributed by atoms with Crippen molar-refractivity contribution in [3.8, 4) is 28.0 Å². The van der Waals surface area contributed by atoms with Crippen molar-refractivity contribution in [2.45, 2.75) is 32.1 Å². The molecule has 0 spiro atoms. The Morgan fingerprint density at radius 1 is 0.628 bits per heavy atom. The summed E-state index contributed by atoms with van der Waals surface area (Å²) in [6.45, 7) is 1.73. The Bertz CT molecular complexity index is 1640. The minimum Gasteiger partial charge on any atom is -0.429 e. The first-order valence-corrected chi connectivity index (χ1v) is 12.5. The summed E-state index contributed by atoms with van der Waals surface area (Å²) < 4.78 is 158. The molecule has 4 aromatic rings. The molecule has 0 aliphatic carbocycles. The lowest BCUT2D eigenvalue weighted by Gasteiger charge is -2.20. The highest BCUT2D eigenvalue weighted by Crippen LogP contribution is 2.38. The Morgan fingerprint density at radius 2 is 1.16 bits per heavy atom. The Morgan fingerprint density at radius 3 is 1.70 bits per heavy atom. The van der Waals surface area contributed by atoms with Gasteiger partial charge in [0, 0.05) is 28.8 Å². The van der Waals surface area contributed by atoms with Crippen molar-refractivity contribution in [2.75, 3.05) is 0 Å². The van der Waals surface area contributed by atoms with E-state index in [1.807, 2.05) is 0 Å². The van der Waals surface area contributed by atoms with Gasteiger partial charge in [0.05, 0.1) is 0 Å². The van der Waals surface area contributed by atoms with Gasteiger partial charge in [-0.25, -0.2) is 26.3 Å². The molecule has 0 aromatic heterocycles. The van der Waals surface area contributed by atoms with E-state index < -0.39 is 64.1 Å². The molecule has 12 heteroatoms. The number of hydrogen-bond donors (Lipinski definition) is 0. The van der Waals surface area contributed by atoms with Gasteiger partial charge >= 0.3 is 12.3 Å². The van der Waals surface area contributed by atoms with Gasteiger partial charge in [0.1, 0.15) is 46.2 Å². The van der Waals surface area contributed by atoms with Gasteiger partial charge in [0.15, 0.2) is 0 Å². The fraction of sp³-hybridized carbons (Fsp3) is 0.161. The van der Waals surface area contributed by atoms with E-state index in [0.717, 1.165) is 42.5 Å². The van der Waals surface area contributed by atoms with Crippen molar-refractivity contribution in [2.24, 2.45) is 0 Å². The second kappa shape index (κ2) is 12.1. The average molecular weight is 616 g/mol. The van der Waals surface area contributed by atoms with Crippen LogP contribution in [0.5, 0.6) is 5.75 Å². The molecule has 0 aliphatic rings. The number of aryl methyl sites for hydroxylation is 1. The molecule has 0 amide bonds. The third kappa shape index (κ3) is 7.18. The molecule has 43 heavy (non-hydrogen) atoms. The van der Waals surface area contributed by atoms with Crippen molar-refractivity contribution in [1.29, 1.82) is 0 Å². The summed E-state index contributed by atoms with van der Waals surface area (Å²) >= 11 is 0. The lowest BCUT2D eigenvalue weighted by atomic mass is 9.98. The molecule has 0 unspecified atom stereocenters. The third-order valence-electron chi connectivity index (χ3n) is 6.23. The number of hydrogen-bond acceptors (Lipinski definition) is 1. The minimum absolute atomic E-state index is 0.133. The standard InChI is InChI=1S/C31H19F11O/c1-2-3-16-10-27(36)29(28(37)11-16)31(41,42)43-19-5-7-20(26(35)15-19)17-4-6-21(23(32)12-17)18-13-24(33)22(25(34)14-18)8-9-30(38,39)40/h4-15H,2-3H2,1H3/b9-8+. The zero-order chi connectivity index (χ0) is 31.7. The number of alkyl halides is 5. The van der Waals surface area contributed by atoms with Crippen LogP contribution < -0.4 is 4.74 Å². The van der Waals surface area contributed by atoms with Gasteiger partial charge in [-0.05, 0) is 71.7 Å². The normalized spacial score (nSPS) is 12.3. The van der Waals surface area contributed by atoms with E-state index in [9.17, 15) is 48.3 Å². The van der Waals surface area contributed by atoms with Crippen LogP contribution in [0.25, 0.3) is 28.3 Å². The van der Waals surface area contributed by atoms with Crippen molar-refractivity contribution >= 4 is 6.08 Å². The van der Waals surface area contributed by atoms with E-state index >= 15 is 0 Å². The quantitative estimate of drug-likeness (QED) is 0.179. The third-order valence-corrected chi connectivity index (χ3v) is 6.23. The van der Waals surface area contributed by atoms with Gasteiger partial charge in [-0.3, -0.25) is 0 Å². The fourth-order valence-electron chi connectivity index (χ4n) is 4.32. The van der Waals surface area contributed by atoms with Crippen LogP contribution >= 0.6 is 0 Å². The zero-order valence-corrected chi connectivity index (χ0v) is 21.9. The maximum absolute atomic E-state index is 14.9. The second-order valence-corrected chi connectivity index (χ2v) is 9.37. The summed E-state index contributed by atoms with van der Waals surface area (Å²) in [5.74, 6) is -8.97. The van der Waals surface area contributed by atoms with E-state index in [-0.39, 0.29) is 46.4 Å². The number of benzene rings is 4. The van der Waals surface area contributed by atoms with E-state index in [0.29, 0.717) is 24.6 Å². The van der Waals surface area contributed by atoms with E-state index in [1.54, 1.807) is 6.92 Å². The summed E-state index contributed by atoms with van der Waals surface area (Å²) in [6, 6.07) is 7.97. The number of rotatable bonds is 8. The highest BCUT2D eigenvalue weighted by Gasteiger charge is 2.41. The van der Waals surface area contributed by atoms with Crippen LogP contribution in [0.4, 0.5) is 48.3 Å². The van der Waals surface area contributed by atoms with Crippen molar-refractivity contribution in [1.82, 2.24) is 0 Å². The molecule has 0 radical (unpaired) electrons. The van der Waals surface area contributed by atoms with Gasteiger partial charge in [0.25, 0.3) is 0 Å². The second-order valence-electron chi connectivity index (χ2n) is 9.37. The molecular weight excluding hydrogens is 597 g/mol. The summed E-state index contributed by atoms with van der Waals surface area (Å²) in [7, 11) is 0. The largest absolute Gasteiger partial charge is 0.432 e. The minimum atomic E-state index is -4.82. The molecule has 0 aliphatic heterocycles. The lowest BCUT2D eigenvalue weighted by Crippen LogP contribution is -2.25. The first-order chi connectivity index (χ1) is 20.1. The Hall–Kier alpha value is -4.35. The molecule has 1 nitrogen and oxygen atoms in total. The topological polar surface area (TPSA) is 9.23 Å². The molecular formula is C31H19F11O. The fourth-order valence-corrected chi connectivity index (χ4v) is 4.32. The highest BCUT2D eigenvalue weighted by atomic mass is 19.4. The molecule has 0 heterocycles. The van der Waals surface area contributed by atoms with Gasteiger partial charge in [-0.1, -0.05) is 25.5 Å². The molecule has 4 aromatic carbocycles. The summed E-state index contributed by atoms with van der Waals surface area (Å²) in [4.78, 5) is 0. The SMILES string of the molecule is CCCc1cc(F)c(C(F)(F)Oc2ccc(-c3ccc(-c4cc(F)c(/C=C/C(F)(F)F)c(F)c4)c(F)c3)c(F)c2)c(F)c1. The zero-order valence-electron chi connectivity index (χ0n) is 21.9. The molecule has 0 N–H and O–H groups in total. The van der Waals surface area contributed by atoms with E-state index in [1.165, 1.54) is 0 Å². The van der Waals surface area contributed by atoms with Crippen LogP contribution in [0.1, 0.15) is 30.0 Å². The number of ether oxygens (including phenoxy) is 1.